The summed E-state index contributed by atoms with van der Waals surface area (Å²) in [6.45, 7) is -5.14. The van der Waals surface area contributed by atoms with Crippen LogP contribution in [0.15, 0.2) is 97.1 Å². The molecule has 320 valence electrons. The molecule has 4 amide bonds. The summed E-state index contributed by atoms with van der Waals surface area (Å²) >= 11 is 0. The van der Waals surface area contributed by atoms with Crippen LogP contribution in [-0.4, -0.2) is 67.9 Å². The first-order chi connectivity index (χ1) is 27.9. The molecule has 4 aromatic carbocycles. The first-order valence-electron chi connectivity index (χ1n) is 17.6. The van der Waals surface area contributed by atoms with Crippen LogP contribution in [0.5, 0.6) is 0 Å². The van der Waals surface area contributed by atoms with Gasteiger partial charge in [0.15, 0.2) is 0 Å². The second-order valence-electron chi connectivity index (χ2n) is 13.9. The predicted octanol–water partition coefficient (Wildman–Crippen LogP) is 8.36. The first-order valence-corrected chi connectivity index (χ1v) is 17.6. The third-order valence-electron chi connectivity index (χ3n) is 9.20. The van der Waals surface area contributed by atoms with Crippen LogP contribution in [0, 0.1) is 0 Å². The van der Waals surface area contributed by atoms with Crippen LogP contribution in [0.1, 0.15) is 44.5 Å². The number of carbonyl (C=O) groups is 4. The molecule has 0 saturated carbocycles. The van der Waals surface area contributed by atoms with Crippen LogP contribution in [0.25, 0.3) is 0 Å². The molecule has 0 fully saturated rings. The highest BCUT2D eigenvalue weighted by molar-refractivity contribution is 5.83. The fourth-order valence-corrected chi connectivity index (χ4v) is 6.28. The Labute approximate surface area is 333 Å². The number of carbonyl (C=O) groups excluding carboxylic acids is 4. The van der Waals surface area contributed by atoms with E-state index in [2.05, 4.69) is 0 Å². The standard InChI is InChI=1S/C40H32F12N4O4/c41-37(42,43)33(57)53-17-25-1-2-26(4-3-25)18-54(34(58)38(44,45)46)20-28-9-11-30(12-10-28)22-56(36(60)40(50,51)52)24-32-15-13-31(14-16-32)23-55(35(59)39(47,48)49)21-29-7-5-27(19-53)6-8-29/h1-16H,17-24H2. The van der Waals surface area contributed by atoms with Crippen molar-refractivity contribution in [1.29, 1.82) is 0 Å². The fraction of sp³-hybridized carbons (Fsp3) is 0.300. The Balaban J connectivity index is 1.54. The number of halogens is 12. The average molecular weight is 861 g/mol. The molecule has 0 unspecified atom stereocenters. The zero-order chi connectivity index (χ0) is 44.2. The number of hydrogen-bond donors (Lipinski definition) is 0. The molecule has 8 bridgehead atoms. The van der Waals surface area contributed by atoms with E-state index >= 15 is 0 Å². The van der Waals surface area contributed by atoms with Gasteiger partial charge in [-0.05, 0) is 44.5 Å². The summed E-state index contributed by atoms with van der Waals surface area (Å²) in [5, 5.41) is 0. The minimum Gasteiger partial charge on any atom is -0.326 e. The maximum atomic E-state index is 13.7. The van der Waals surface area contributed by atoms with Gasteiger partial charge in [-0.2, -0.15) is 52.7 Å². The molecule has 8 nitrogen and oxygen atoms in total. The Morgan fingerprint density at radius 3 is 0.450 bits per heavy atom. The van der Waals surface area contributed by atoms with Gasteiger partial charge in [0.1, 0.15) is 0 Å². The molecule has 7 heterocycles. The van der Waals surface area contributed by atoms with Gasteiger partial charge in [-0.3, -0.25) is 19.2 Å². The molecule has 4 aromatic rings. The van der Waals surface area contributed by atoms with Crippen molar-refractivity contribution < 1.29 is 71.9 Å². The molecular formula is C40H32F12N4O4. The van der Waals surface area contributed by atoms with Crippen LogP contribution in [0.3, 0.4) is 0 Å². The summed E-state index contributed by atoms with van der Waals surface area (Å²) in [7, 11) is 0. The summed E-state index contributed by atoms with van der Waals surface area (Å²) < 4.78 is 164. The SMILES string of the molecule is O=C(N1Cc2ccc(cc2)CN(C(=O)C(F)(F)F)Cc2ccc(cc2)CN(C(=O)C(F)(F)F)Cc2ccc(cc2)CN(C(=O)C(F)(F)F)Cc2ccc(cc2)C1)C(F)(F)F. The quantitative estimate of drug-likeness (QED) is 0.167. The van der Waals surface area contributed by atoms with E-state index in [9.17, 15) is 71.9 Å². The Morgan fingerprint density at radius 1 is 0.267 bits per heavy atom. The number of nitrogens with zero attached hydrogens (tertiary/aromatic N) is 4. The molecule has 7 aliphatic rings. The topological polar surface area (TPSA) is 81.2 Å². The molecule has 7 aliphatic heterocycles. The fourth-order valence-electron chi connectivity index (χ4n) is 6.28. The Morgan fingerprint density at radius 2 is 0.367 bits per heavy atom. The number of rotatable bonds is 0. The van der Waals surface area contributed by atoms with Gasteiger partial charge >= 0.3 is 48.3 Å². The molecule has 0 radical (unpaired) electrons. The highest BCUT2D eigenvalue weighted by Crippen LogP contribution is 2.28. The van der Waals surface area contributed by atoms with Crippen LogP contribution >= 0.6 is 0 Å². The van der Waals surface area contributed by atoms with E-state index < -0.39 is 101 Å². The minimum absolute atomic E-state index is 0.109. The third kappa shape index (κ3) is 12.0. The lowest BCUT2D eigenvalue weighted by Gasteiger charge is -2.26. The Bertz CT molecular complexity index is 1740. The largest absolute Gasteiger partial charge is 0.471 e. The molecule has 11 rings (SSSR count). The van der Waals surface area contributed by atoms with E-state index in [4.69, 9.17) is 0 Å². The van der Waals surface area contributed by atoms with E-state index in [1.54, 1.807) is 0 Å². The van der Waals surface area contributed by atoms with Crippen LogP contribution in [-0.2, 0) is 71.5 Å². The molecule has 0 aromatic heterocycles. The molecule has 0 atom stereocenters. The Hall–Kier alpha value is -6.08. The number of hydrogen-bond acceptors (Lipinski definition) is 4. The van der Waals surface area contributed by atoms with Gasteiger partial charge in [-0.15, -0.1) is 0 Å². The summed E-state index contributed by atoms with van der Waals surface area (Å²) in [6.07, 6.45) is -21.3. The van der Waals surface area contributed by atoms with Gasteiger partial charge in [-0.1, -0.05) is 97.1 Å². The van der Waals surface area contributed by atoms with Gasteiger partial charge < -0.3 is 19.6 Å². The molecule has 20 heteroatoms. The van der Waals surface area contributed by atoms with E-state index in [0.29, 0.717) is 19.6 Å². The molecule has 0 aliphatic carbocycles. The summed E-state index contributed by atoms with van der Waals surface area (Å²) in [6, 6.07) is 19.8. The second-order valence-corrected chi connectivity index (χ2v) is 13.9. The van der Waals surface area contributed by atoms with Crippen molar-refractivity contribution in [3.63, 3.8) is 0 Å². The van der Waals surface area contributed by atoms with E-state index in [1.165, 1.54) is 97.1 Å². The summed E-state index contributed by atoms with van der Waals surface area (Å²) in [5.41, 5.74) is 0.873. The van der Waals surface area contributed by atoms with Crippen LogP contribution in [0.2, 0.25) is 0 Å². The van der Waals surface area contributed by atoms with E-state index in [0.717, 1.165) is 0 Å². The smallest absolute Gasteiger partial charge is 0.326 e. The van der Waals surface area contributed by atoms with Crippen molar-refractivity contribution in [1.82, 2.24) is 19.6 Å². The van der Waals surface area contributed by atoms with Crippen molar-refractivity contribution in [3.8, 4) is 0 Å². The summed E-state index contributed by atoms with van der Waals surface area (Å²) in [5.74, 6) is -8.96. The highest BCUT2D eigenvalue weighted by Gasteiger charge is 2.45. The van der Waals surface area contributed by atoms with Gasteiger partial charge in [0.05, 0.1) is 0 Å². The van der Waals surface area contributed by atoms with Gasteiger partial charge in [0, 0.05) is 52.4 Å². The van der Waals surface area contributed by atoms with E-state index in [-0.39, 0.29) is 44.5 Å². The number of amides is 4. The molecular weight excluding hydrogens is 828 g/mol. The van der Waals surface area contributed by atoms with Gasteiger partial charge in [0.25, 0.3) is 0 Å². The van der Waals surface area contributed by atoms with Crippen LogP contribution in [0.4, 0.5) is 52.7 Å². The van der Waals surface area contributed by atoms with Crippen molar-refractivity contribution in [2.45, 2.75) is 77.1 Å². The molecule has 60 heavy (non-hydrogen) atoms. The predicted molar refractivity (Wildman–Crippen MR) is 187 cm³/mol. The van der Waals surface area contributed by atoms with Crippen molar-refractivity contribution in [2.24, 2.45) is 0 Å². The highest BCUT2D eigenvalue weighted by atomic mass is 19.4. The van der Waals surface area contributed by atoms with Gasteiger partial charge in [0.2, 0.25) is 0 Å². The molecule has 0 spiro atoms. The van der Waals surface area contributed by atoms with Gasteiger partial charge in [-0.25, -0.2) is 0 Å². The second kappa shape index (κ2) is 17.6. The minimum atomic E-state index is -5.33. The maximum Gasteiger partial charge on any atom is 0.471 e. The monoisotopic (exact) mass is 860 g/mol. The first kappa shape index (κ1) is 45.0. The summed E-state index contributed by atoms with van der Waals surface area (Å²) in [4.78, 5) is 51.6. The number of alkyl halides is 12. The van der Waals surface area contributed by atoms with Crippen molar-refractivity contribution in [3.05, 3.63) is 142 Å². The average Bonchev–Trinajstić information content (AvgIpc) is 3.16. The lowest BCUT2D eigenvalue weighted by Crippen LogP contribution is -2.40. The maximum absolute atomic E-state index is 13.7. The number of benzene rings is 4. The zero-order valence-corrected chi connectivity index (χ0v) is 30.9. The van der Waals surface area contributed by atoms with Crippen molar-refractivity contribution in [2.75, 3.05) is 0 Å². The third-order valence-corrected chi connectivity index (χ3v) is 9.20. The normalized spacial score (nSPS) is 15.3. The lowest BCUT2D eigenvalue weighted by atomic mass is 10.1. The zero-order valence-electron chi connectivity index (χ0n) is 30.9. The Kier molecular flexibility index (Phi) is 13.2. The van der Waals surface area contributed by atoms with Crippen molar-refractivity contribution >= 4 is 23.6 Å². The molecule has 0 N–H and O–H groups in total. The van der Waals surface area contributed by atoms with Crippen LogP contribution < -0.4 is 0 Å². The molecule has 0 saturated heterocycles. The lowest BCUT2D eigenvalue weighted by molar-refractivity contribution is -0.186. The van der Waals surface area contributed by atoms with E-state index in [1.807, 2.05) is 0 Å².